The number of hydroxylamine groups is 1. The van der Waals surface area contributed by atoms with Gasteiger partial charge in [0.25, 0.3) is 5.91 Å². The van der Waals surface area contributed by atoms with Gasteiger partial charge in [-0.05, 0) is 47.2 Å². The third kappa shape index (κ3) is 3.83. The largest absolute Gasteiger partial charge is 0.306 e. The van der Waals surface area contributed by atoms with E-state index in [0.29, 0.717) is 6.04 Å². The van der Waals surface area contributed by atoms with Gasteiger partial charge in [-0.2, -0.15) is 0 Å². The first-order chi connectivity index (χ1) is 11.3. The molecule has 0 saturated carbocycles. The van der Waals surface area contributed by atoms with Crippen molar-refractivity contribution in [1.82, 2.24) is 15.8 Å². The van der Waals surface area contributed by atoms with E-state index in [1.807, 2.05) is 18.3 Å². The number of amides is 1. The van der Waals surface area contributed by atoms with Crippen LogP contribution in [0.4, 0.5) is 0 Å². The topological polar surface area (TPSA) is 74.2 Å². The van der Waals surface area contributed by atoms with Crippen molar-refractivity contribution < 1.29 is 10.0 Å². The summed E-state index contributed by atoms with van der Waals surface area (Å²) in [6, 6.07) is 10.6. The van der Waals surface area contributed by atoms with E-state index in [-0.39, 0.29) is 0 Å². The fourth-order valence-corrected chi connectivity index (χ4v) is 2.91. The molecular formula is C18H19N3O2. The number of carbonyl (C=O) groups excluding carboxylic acids is 1. The molecule has 0 radical (unpaired) electrons. The first-order valence-corrected chi connectivity index (χ1v) is 7.63. The maximum Gasteiger partial charge on any atom is 0.267 e. The number of benzene rings is 1. The van der Waals surface area contributed by atoms with Gasteiger partial charge in [0.15, 0.2) is 0 Å². The number of aromatic nitrogens is 1. The highest BCUT2D eigenvalue weighted by Gasteiger charge is 2.21. The number of fused-ring (bicyclic) bond motifs is 1. The molecule has 0 fully saturated rings. The Labute approximate surface area is 135 Å². The molecule has 1 aliphatic carbocycles. The SMILES string of the molecule is O=C(/C=C/c1ccc2c(c1)CCC2NCc1cccnc1)NO. The van der Waals surface area contributed by atoms with Crippen LogP contribution in [0.5, 0.6) is 0 Å². The first kappa shape index (κ1) is 15.4. The molecule has 3 rings (SSSR count). The minimum Gasteiger partial charge on any atom is -0.306 e. The number of hydrogen-bond donors (Lipinski definition) is 3. The molecule has 118 valence electrons. The molecule has 1 aliphatic rings. The lowest BCUT2D eigenvalue weighted by Crippen LogP contribution is -2.18. The molecule has 1 amide bonds. The average molecular weight is 309 g/mol. The van der Waals surface area contributed by atoms with Crippen LogP contribution in [0.1, 0.15) is 34.7 Å². The number of hydrogen-bond acceptors (Lipinski definition) is 4. The van der Waals surface area contributed by atoms with Crippen molar-refractivity contribution in [2.45, 2.75) is 25.4 Å². The van der Waals surface area contributed by atoms with Gasteiger partial charge in [-0.15, -0.1) is 0 Å². The van der Waals surface area contributed by atoms with E-state index in [1.165, 1.54) is 22.8 Å². The molecular weight excluding hydrogens is 290 g/mol. The van der Waals surface area contributed by atoms with E-state index in [2.05, 4.69) is 28.5 Å². The van der Waals surface area contributed by atoms with E-state index < -0.39 is 5.91 Å². The van der Waals surface area contributed by atoms with Gasteiger partial charge in [-0.3, -0.25) is 15.0 Å². The fraction of sp³-hybridized carbons (Fsp3) is 0.222. The number of rotatable bonds is 5. The normalized spacial score (nSPS) is 16.5. The quantitative estimate of drug-likeness (QED) is 0.450. The van der Waals surface area contributed by atoms with Crippen molar-refractivity contribution >= 4 is 12.0 Å². The summed E-state index contributed by atoms with van der Waals surface area (Å²) in [5.41, 5.74) is 6.34. The average Bonchev–Trinajstić information content (AvgIpc) is 3.01. The summed E-state index contributed by atoms with van der Waals surface area (Å²) >= 11 is 0. The molecule has 2 aromatic rings. The predicted octanol–water partition coefficient (Wildman–Crippen LogP) is 2.38. The van der Waals surface area contributed by atoms with Gasteiger partial charge < -0.3 is 5.32 Å². The zero-order valence-electron chi connectivity index (χ0n) is 12.7. The standard InChI is InChI=1S/C18H19N3O2/c22-18(21-23)8-4-13-3-6-16-15(10-13)5-7-17(16)20-12-14-2-1-9-19-11-14/h1-4,6,8-11,17,20,23H,5,7,12H2,(H,21,22)/b8-4+. The Morgan fingerprint density at radius 1 is 1.39 bits per heavy atom. The minimum absolute atomic E-state index is 0.351. The van der Waals surface area contributed by atoms with Crippen molar-refractivity contribution in [3.63, 3.8) is 0 Å². The lowest BCUT2D eigenvalue weighted by molar-refractivity contribution is -0.124. The molecule has 1 aromatic heterocycles. The molecule has 1 unspecified atom stereocenters. The predicted molar refractivity (Wildman–Crippen MR) is 87.5 cm³/mol. The molecule has 23 heavy (non-hydrogen) atoms. The summed E-state index contributed by atoms with van der Waals surface area (Å²) in [6.07, 6.45) is 8.76. The molecule has 0 bridgehead atoms. The second kappa shape index (κ2) is 7.17. The molecule has 5 heteroatoms. The second-order valence-electron chi connectivity index (χ2n) is 5.60. The highest BCUT2D eigenvalue weighted by Crippen LogP contribution is 2.32. The first-order valence-electron chi connectivity index (χ1n) is 7.63. The third-order valence-corrected chi connectivity index (χ3v) is 4.06. The van der Waals surface area contributed by atoms with Gasteiger partial charge in [0.1, 0.15) is 0 Å². The Bertz CT molecular complexity index is 713. The molecule has 5 nitrogen and oxygen atoms in total. The lowest BCUT2D eigenvalue weighted by atomic mass is 10.0. The van der Waals surface area contributed by atoms with E-state index in [1.54, 1.807) is 17.8 Å². The summed E-state index contributed by atoms with van der Waals surface area (Å²) in [4.78, 5) is 15.2. The molecule has 3 N–H and O–H groups in total. The molecule has 0 saturated heterocycles. The van der Waals surface area contributed by atoms with Crippen LogP contribution in [0.2, 0.25) is 0 Å². The number of nitrogens with zero attached hydrogens (tertiary/aromatic N) is 1. The lowest BCUT2D eigenvalue weighted by Gasteiger charge is -2.14. The van der Waals surface area contributed by atoms with Gasteiger partial charge >= 0.3 is 0 Å². The van der Waals surface area contributed by atoms with Gasteiger partial charge in [-0.1, -0.05) is 24.3 Å². The zero-order valence-corrected chi connectivity index (χ0v) is 12.7. The zero-order chi connectivity index (χ0) is 16.1. The fourth-order valence-electron chi connectivity index (χ4n) is 2.91. The molecule has 1 heterocycles. The summed E-state index contributed by atoms with van der Waals surface area (Å²) in [5.74, 6) is -0.526. The van der Waals surface area contributed by atoms with Crippen LogP contribution < -0.4 is 10.8 Å². The number of carbonyl (C=O) groups is 1. The van der Waals surface area contributed by atoms with Crippen LogP contribution in [0.25, 0.3) is 6.08 Å². The summed E-state index contributed by atoms with van der Waals surface area (Å²) in [7, 11) is 0. The minimum atomic E-state index is -0.526. The second-order valence-corrected chi connectivity index (χ2v) is 5.60. The van der Waals surface area contributed by atoms with Crippen LogP contribution in [0.3, 0.4) is 0 Å². The van der Waals surface area contributed by atoms with Crippen molar-refractivity contribution in [2.24, 2.45) is 0 Å². The van der Waals surface area contributed by atoms with Crippen LogP contribution in [0, 0.1) is 0 Å². The third-order valence-electron chi connectivity index (χ3n) is 4.06. The Balaban J connectivity index is 1.66. The Hall–Kier alpha value is -2.50. The van der Waals surface area contributed by atoms with Gasteiger partial charge in [0.2, 0.25) is 0 Å². The van der Waals surface area contributed by atoms with Crippen LogP contribution in [0.15, 0.2) is 48.8 Å². The van der Waals surface area contributed by atoms with Crippen LogP contribution in [-0.4, -0.2) is 16.1 Å². The Kier molecular flexibility index (Phi) is 4.80. The van der Waals surface area contributed by atoms with Crippen molar-refractivity contribution in [3.05, 3.63) is 71.1 Å². The monoisotopic (exact) mass is 309 g/mol. The Morgan fingerprint density at radius 3 is 3.09 bits per heavy atom. The van der Waals surface area contributed by atoms with Gasteiger partial charge in [0.05, 0.1) is 0 Å². The summed E-state index contributed by atoms with van der Waals surface area (Å²) in [5, 5.41) is 12.1. The molecule has 0 aliphatic heterocycles. The maximum atomic E-state index is 11.0. The van der Waals surface area contributed by atoms with Crippen molar-refractivity contribution in [3.8, 4) is 0 Å². The van der Waals surface area contributed by atoms with E-state index in [4.69, 9.17) is 5.21 Å². The summed E-state index contributed by atoms with van der Waals surface area (Å²) < 4.78 is 0. The highest BCUT2D eigenvalue weighted by molar-refractivity contribution is 5.90. The van der Waals surface area contributed by atoms with Gasteiger partial charge in [0, 0.05) is 31.1 Å². The van der Waals surface area contributed by atoms with Crippen LogP contribution >= 0.6 is 0 Å². The van der Waals surface area contributed by atoms with Crippen LogP contribution in [-0.2, 0) is 17.8 Å². The molecule has 1 atom stereocenters. The Morgan fingerprint density at radius 2 is 2.30 bits per heavy atom. The van der Waals surface area contributed by atoms with E-state index >= 15 is 0 Å². The van der Waals surface area contributed by atoms with Crippen molar-refractivity contribution in [1.29, 1.82) is 0 Å². The maximum absolute atomic E-state index is 11.0. The number of pyridine rings is 1. The van der Waals surface area contributed by atoms with E-state index in [0.717, 1.165) is 24.9 Å². The van der Waals surface area contributed by atoms with Crippen molar-refractivity contribution in [2.75, 3.05) is 0 Å². The van der Waals surface area contributed by atoms with Gasteiger partial charge in [-0.25, -0.2) is 5.48 Å². The molecule has 1 aromatic carbocycles. The highest BCUT2D eigenvalue weighted by atomic mass is 16.5. The number of aryl methyl sites for hydroxylation is 1. The smallest absolute Gasteiger partial charge is 0.267 e. The summed E-state index contributed by atoms with van der Waals surface area (Å²) in [6.45, 7) is 0.802. The van der Waals surface area contributed by atoms with E-state index in [9.17, 15) is 4.79 Å². The number of nitrogens with one attached hydrogen (secondary N) is 2. The molecule has 0 spiro atoms.